The lowest BCUT2D eigenvalue weighted by Gasteiger charge is -2.19. The SMILES string of the molecule is CC1CCCN1c1nc2c(s1)CCCC2=O. The molecule has 0 N–H and O–H groups in total. The lowest BCUT2D eigenvalue weighted by atomic mass is 10.0. The number of rotatable bonds is 1. The van der Waals surface area contributed by atoms with Gasteiger partial charge in [0, 0.05) is 23.9 Å². The van der Waals surface area contributed by atoms with Gasteiger partial charge >= 0.3 is 0 Å². The monoisotopic (exact) mass is 236 g/mol. The first-order valence-corrected chi connectivity index (χ1v) is 6.87. The molecule has 0 radical (unpaired) electrons. The largest absolute Gasteiger partial charge is 0.345 e. The lowest BCUT2D eigenvalue weighted by molar-refractivity contribution is 0.0968. The van der Waals surface area contributed by atoms with Crippen molar-refractivity contribution in [1.82, 2.24) is 4.98 Å². The number of aryl methyl sites for hydroxylation is 1. The molecule has 2 heterocycles. The molecule has 0 bridgehead atoms. The van der Waals surface area contributed by atoms with E-state index in [2.05, 4.69) is 16.8 Å². The van der Waals surface area contributed by atoms with E-state index >= 15 is 0 Å². The molecule has 1 aliphatic heterocycles. The smallest absolute Gasteiger partial charge is 0.186 e. The van der Waals surface area contributed by atoms with Gasteiger partial charge in [-0.15, -0.1) is 11.3 Å². The van der Waals surface area contributed by atoms with Gasteiger partial charge in [0.2, 0.25) is 0 Å². The van der Waals surface area contributed by atoms with Crippen LogP contribution in [0, 0.1) is 0 Å². The van der Waals surface area contributed by atoms with Gasteiger partial charge < -0.3 is 4.90 Å². The van der Waals surface area contributed by atoms with Gasteiger partial charge in [-0.25, -0.2) is 4.98 Å². The molecular formula is C12H16N2OS. The number of carbonyl (C=O) groups is 1. The van der Waals surface area contributed by atoms with E-state index in [4.69, 9.17) is 0 Å². The summed E-state index contributed by atoms with van der Waals surface area (Å²) in [6.45, 7) is 3.34. The standard InChI is InChI=1S/C12H16N2OS/c1-8-4-3-7-14(8)12-13-11-9(15)5-2-6-10(11)16-12/h8H,2-7H2,1H3. The van der Waals surface area contributed by atoms with Gasteiger partial charge in [-0.3, -0.25) is 4.79 Å². The van der Waals surface area contributed by atoms with E-state index in [0.29, 0.717) is 12.5 Å². The van der Waals surface area contributed by atoms with Gasteiger partial charge in [-0.2, -0.15) is 0 Å². The lowest BCUT2D eigenvalue weighted by Crippen LogP contribution is -2.26. The molecule has 0 spiro atoms. The van der Waals surface area contributed by atoms with Crippen molar-refractivity contribution in [2.24, 2.45) is 0 Å². The van der Waals surface area contributed by atoms with Crippen molar-refractivity contribution in [3.63, 3.8) is 0 Å². The van der Waals surface area contributed by atoms with E-state index in [-0.39, 0.29) is 5.78 Å². The van der Waals surface area contributed by atoms with Crippen molar-refractivity contribution in [3.05, 3.63) is 10.6 Å². The van der Waals surface area contributed by atoms with Crippen LogP contribution in [-0.4, -0.2) is 23.4 Å². The molecule has 0 amide bonds. The van der Waals surface area contributed by atoms with Crippen LogP contribution >= 0.6 is 11.3 Å². The van der Waals surface area contributed by atoms with Gasteiger partial charge in [0.15, 0.2) is 10.9 Å². The molecule has 1 aromatic heterocycles. The van der Waals surface area contributed by atoms with Crippen LogP contribution in [0.3, 0.4) is 0 Å². The molecule has 4 heteroatoms. The zero-order valence-corrected chi connectivity index (χ0v) is 10.3. The van der Waals surface area contributed by atoms with E-state index in [1.807, 2.05) is 0 Å². The zero-order chi connectivity index (χ0) is 11.1. The van der Waals surface area contributed by atoms with Crippen molar-refractivity contribution in [2.45, 2.75) is 45.1 Å². The van der Waals surface area contributed by atoms with Crippen molar-refractivity contribution in [3.8, 4) is 0 Å². The first kappa shape index (κ1) is 10.3. The van der Waals surface area contributed by atoms with Gasteiger partial charge in [0.05, 0.1) is 0 Å². The zero-order valence-electron chi connectivity index (χ0n) is 9.53. The highest BCUT2D eigenvalue weighted by Gasteiger charge is 2.28. The maximum atomic E-state index is 11.7. The number of aromatic nitrogens is 1. The molecule has 1 aliphatic carbocycles. The summed E-state index contributed by atoms with van der Waals surface area (Å²) in [6.07, 6.45) is 5.23. The molecule has 3 rings (SSSR count). The number of hydrogen-bond donors (Lipinski definition) is 0. The summed E-state index contributed by atoms with van der Waals surface area (Å²) in [5.41, 5.74) is 0.769. The maximum absolute atomic E-state index is 11.7. The molecule has 1 fully saturated rings. The average Bonchev–Trinajstić information content (AvgIpc) is 2.84. The van der Waals surface area contributed by atoms with Crippen LogP contribution < -0.4 is 4.90 Å². The number of anilines is 1. The molecule has 1 unspecified atom stereocenters. The van der Waals surface area contributed by atoms with E-state index in [1.165, 1.54) is 17.7 Å². The molecule has 86 valence electrons. The Bertz CT molecular complexity index is 427. The van der Waals surface area contributed by atoms with Crippen molar-refractivity contribution in [2.75, 3.05) is 11.4 Å². The molecule has 3 nitrogen and oxygen atoms in total. The van der Waals surface area contributed by atoms with Crippen LogP contribution in [0.5, 0.6) is 0 Å². The third-order valence-corrected chi connectivity index (χ3v) is 4.71. The van der Waals surface area contributed by atoms with Gasteiger partial charge in [0.1, 0.15) is 5.69 Å². The Balaban J connectivity index is 1.94. The number of ketones is 1. The third-order valence-electron chi connectivity index (χ3n) is 3.56. The number of Topliss-reactive ketones (excluding diaryl/α,β-unsaturated/α-hetero) is 1. The number of thiazole rings is 1. The molecule has 16 heavy (non-hydrogen) atoms. The molecule has 2 aliphatic rings. The molecule has 1 aromatic rings. The minimum atomic E-state index is 0.246. The molecular weight excluding hydrogens is 220 g/mol. The van der Waals surface area contributed by atoms with Crippen LogP contribution in [-0.2, 0) is 6.42 Å². The van der Waals surface area contributed by atoms with Crippen LogP contribution in [0.1, 0.15) is 48.0 Å². The predicted molar refractivity (Wildman–Crippen MR) is 65.4 cm³/mol. The third kappa shape index (κ3) is 1.56. The quantitative estimate of drug-likeness (QED) is 0.751. The summed E-state index contributed by atoms with van der Waals surface area (Å²) in [6, 6.07) is 0.586. The van der Waals surface area contributed by atoms with Crippen molar-refractivity contribution in [1.29, 1.82) is 0 Å². The summed E-state index contributed by atoms with van der Waals surface area (Å²) in [7, 11) is 0. The molecule has 0 saturated carbocycles. The van der Waals surface area contributed by atoms with Gasteiger partial charge in [-0.05, 0) is 32.6 Å². The van der Waals surface area contributed by atoms with Crippen LogP contribution in [0.25, 0.3) is 0 Å². The summed E-state index contributed by atoms with van der Waals surface area (Å²) in [5.74, 6) is 0.246. The van der Waals surface area contributed by atoms with E-state index in [0.717, 1.165) is 30.2 Å². The second-order valence-corrected chi connectivity index (χ2v) is 5.79. The first-order chi connectivity index (χ1) is 7.75. The van der Waals surface area contributed by atoms with Crippen LogP contribution in [0.4, 0.5) is 5.13 Å². The number of carbonyl (C=O) groups excluding carboxylic acids is 1. The Kier molecular flexibility index (Phi) is 2.46. The Morgan fingerprint density at radius 3 is 2.94 bits per heavy atom. The van der Waals surface area contributed by atoms with Crippen LogP contribution in [0.2, 0.25) is 0 Å². The Morgan fingerprint density at radius 1 is 1.38 bits per heavy atom. The van der Waals surface area contributed by atoms with Crippen molar-refractivity contribution < 1.29 is 4.79 Å². The maximum Gasteiger partial charge on any atom is 0.186 e. The number of fused-ring (bicyclic) bond motifs is 1. The normalized spacial score (nSPS) is 24.9. The highest BCUT2D eigenvalue weighted by molar-refractivity contribution is 7.16. The summed E-state index contributed by atoms with van der Waals surface area (Å²) >= 11 is 1.73. The average molecular weight is 236 g/mol. The Labute approximate surface area is 99.5 Å². The fraction of sp³-hybridized carbons (Fsp3) is 0.667. The summed E-state index contributed by atoms with van der Waals surface area (Å²) in [5, 5.41) is 1.07. The summed E-state index contributed by atoms with van der Waals surface area (Å²) < 4.78 is 0. The minimum Gasteiger partial charge on any atom is -0.345 e. The van der Waals surface area contributed by atoms with E-state index in [1.54, 1.807) is 11.3 Å². The predicted octanol–water partition coefficient (Wildman–Crippen LogP) is 2.65. The number of hydrogen-bond acceptors (Lipinski definition) is 4. The fourth-order valence-electron chi connectivity index (χ4n) is 2.59. The molecule has 1 atom stereocenters. The fourth-order valence-corrected chi connectivity index (χ4v) is 3.84. The van der Waals surface area contributed by atoms with Gasteiger partial charge in [-0.1, -0.05) is 0 Å². The van der Waals surface area contributed by atoms with E-state index in [9.17, 15) is 4.79 Å². The highest BCUT2D eigenvalue weighted by Crippen LogP contribution is 2.34. The first-order valence-electron chi connectivity index (χ1n) is 6.05. The molecule has 0 aromatic carbocycles. The Morgan fingerprint density at radius 2 is 2.25 bits per heavy atom. The number of nitrogens with zero attached hydrogens (tertiary/aromatic N) is 2. The topological polar surface area (TPSA) is 33.2 Å². The minimum absolute atomic E-state index is 0.246. The van der Waals surface area contributed by atoms with Crippen molar-refractivity contribution >= 4 is 22.3 Å². The highest BCUT2D eigenvalue weighted by atomic mass is 32.1. The Hall–Kier alpha value is -0.900. The second kappa shape index (κ2) is 3.84. The van der Waals surface area contributed by atoms with Gasteiger partial charge in [0.25, 0.3) is 0 Å². The van der Waals surface area contributed by atoms with Crippen LogP contribution in [0.15, 0.2) is 0 Å². The van der Waals surface area contributed by atoms with E-state index < -0.39 is 0 Å². The second-order valence-electron chi connectivity index (χ2n) is 4.73. The summed E-state index contributed by atoms with van der Waals surface area (Å²) in [4.78, 5) is 19.9. The molecule has 1 saturated heterocycles.